The number of anilines is 2. The fourth-order valence-corrected chi connectivity index (χ4v) is 4.83. The van der Waals surface area contributed by atoms with Crippen LogP contribution < -0.4 is 10.0 Å². The maximum atomic E-state index is 12.8. The van der Waals surface area contributed by atoms with Crippen molar-refractivity contribution >= 4 is 54.1 Å². The van der Waals surface area contributed by atoms with Crippen LogP contribution in [-0.2, 0) is 17.1 Å². The average molecular weight is 450 g/mol. The Bertz CT molecular complexity index is 1050. The van der Waals surface area contributed by atoms with Crippen LogP contribution in [0.1, 0.15) is 23.8 Å². The van der Waals surface area contributed by atoms with Gasteiger partial charge in [0.2, 0.25) is 10.0 Å². The summed E-state index contributed by atoms with van der Waals surface area (Å²) >= 11 is 3.52. The van der Waals surface area contributed by atoms with Gasteiger partial charge in [-0.2, -0.15) is 0 Å². The number of hydrogen-bond acceptors (Lipinski definition) is 3. The lowest BCUT2D eigenvalue weighted by Gasteiger charge is -2.10. The molecular weight excluding hydrogens is 430 g/mol. The molecule has 0 fully saturated rings. The Morgan fingerprint density at radius 2 is 1.70 bits per heavy atom. The molecule has 1 aromatic heterocycles. The average Bonchev–Trinajstić information content (AvgIpc) is 2.88. The quantitative estimate of drug-likeness (QED) is 0.586. The van der Waals surface area contributed by atoms with E-state index in [-0.39, 0.29) is 11.7 Å². The molecule has 0 unspecified atom stereocenters. The van der Waals surface area contributed by atoms with Crippen molar-refractivity contribution in [3.05, 3.63) is 58.7 Å². The number of carbonyl (C=O) groups is 1. The molecule has 0 bridgehead atoms. The van der Waals surface area contributed by atoms with Crippen LogP contribution in [0.3, 0.4) is 0 Å². The maximum absolute atomic E-state index is 12.8. The summed E-state index contributed by atoms with van der Waals surface area (Å²) in [7, 11) is -1.50. The molecular formula is C19H20BrN3O3S. The van der Waals surface area contributed by atoms with E-state index >= 15 is 0 Å². The third-order valence-electron chi connectivity index (χ3n) is 4.15. The van der Waals surface area contributed by atoms with Crippen LogP contribution in [0.5, 0.6) is 0 Å². The summed E-state index contributed by atoms with van der Waals surface area (Å²) in [5.41, 5.74) is 2.52. The highest BCUT2D eigenvalue weighted by Crippen LogP contribution is 2.30. The second-order valence-corrected chi connectivity index (χ2v) is 8.83. The lowest BCUT2D eigenvalue weighted by Crippen LogP contribution is -2.17. The molecule has 0 spiro atoms. The number of carbonyl (C=O) groups excluding carboxylic acids is 1. The van der Waals surface area contributed by atoms with Crippen LogP contribution in [0.25, 0.3) is 10.9 Å². The van der Waals surface area contributed by atoms with Crippen molar-refractivity contribution in [2.24, 2.45) is 7.05 Å². The predicted octanol–water partition coefficient (Wildman–Crippen LogP) is 4.34. The molecule has 2 N–H and O–H groups in total. The van der Waals surface area contributed by atoms with Gasteiger partial charge in [-0.1, -0.05) is 25.1 Å². The Hall–Kier alpha value is -2.32. The van der Waals surface area contributed by atoms with Gasteiger partial charge in [-0.15, -0.1) is 0 Å². The van der Waals surface area contributed by atoms with Gasteiger partial charge in [0.15, 0.2) is 0 Å². The van der Waals surface area contributed by atoms with Gasteiger partial charge in [0, 0.05) is 29.3 Å². The molecule has 1 amide bonds. The highest BCUT2D eigenvalue weighted by atomic mass is 79.9. The Labute approximate surface area is 166 Å². The molecule has 1 heterocycles. The van der Waals surface area contributed by atoms with E-state index in [2.05, 4.69) is 26.0 Å². The van der Waals surface area contributed by atoms with Gasteiger partial charge in [0.05, 0.1) is 10.2 Å². The number of benzene rings is 2. The Morgan fingerprint density at radius 1 is 1.07 bits per heavy atom. The van der Waals surface area contributed by atoms with E-state index in [9.17, 15) is 13.2 Å². The molecule has 142 valence electrons. The monoisotopic (exact) mass is 449 g/mol. The first-order valence-electron chi connectivity index (χ1n) is 8.47. The van der Waals surface area contributed by atoms with Crippen LogP contribution in [-0.4, -0.2) is 24.6 Å². The van der Waals surface area contributed by atoms with Gasteiger partial charge in [-0.25, -0.2) is 8.42 Å². The number of fused-ring (bicyclic) bond motifs is 1. The minimum Gasteiger partial charge on any atom is -0.339 e. The van der Waals surface area contributed by atoms with E-state index in [1.807, 2.05) is 42.8 Å². The summed E-state index contributed by atoms with van der Waals surface area (Å²) in [4.78, 5) is 12.8. The molecule has 0 saturated heterocycles. The molecule has 8 heteroatoms. The van der Waals surface area contributed by atoms with Gasteiger partial charge in [-0.3, -0.25) is 9.52 Å². The molecule has 0 saturated carbocycles. The summed E-state index contributed by atoms with van der Waals surface area (Å²) in [5, 5.41) is 3.81. The molecule has 0 atom stereocenters. The van der Waals surface area contributed by atoms with E-state index in [0.29, 0.717) is 23.5 Å². The summed E-state index contributed by atoms with van der Waals surface area (Å²) in [5.74, 6) is -0.180. The molecule has 6 nitrogen and oxygen atoms in total. The number of amides is 1. The minimum atomic E-state index is -3.34. The van der Waals surface area contributed by atoms with Crippen molar-refractivity contribution in [3.8, 4) is 0 Å². The minimum absolute atomic E-state index is 0.0700. The SMILES string of the molecule is CCCS(=O)(=O)Nc1ccc(NC(=O)c2c(Br)c3ccccc3n2C)cc1. The van der Waals surface area contributed by atoms with E-state index in [1.165, 1.54) is 0 Å². The summed E-state index contributed by atoms with van der Waals surface area (Å²) in [6.07, 6.45) is 0.545. The van der Waals surface area contributed by atoms with Gasteiger partial charge < -0.3 is 9.88 Å². The van der Waals surface area contributed by atoms with Crippen molar-refractivity contribution in [2.45, 2.75) is 13.3 Å². The van der Waals surface area contributed by atoms with Gasteiger partial charge >= 0.3 is 0 Å². The second-order valence-electron chi connectivity index (χ2n) is 6.19. The van der Waals surface area contributed by atoms with Gasteiger partial charge in [0.1, 0.15) is 5.69 Å². The number of nitrogens with zero attached hydrogens (tertiary/aromatic N) is 1. The number of sulfonamides is 1. The van der Waals surface area contributed by atoms with Crippen molar-refractivity contribution in [3.63, 3.8) is 0 Å². The highest BCUT2D eigenvalue weighted by Gasteiger charge is 2.19. The normalized spacial score (nSPS) is 11.5. The Morgan fingerprint density at radius 3 is 2.33 bits per heavy atom. The number of hydrogen-bond donors (Lipinski definition) is 2. The molecule has 27 heavy (non-hydrogen) atoms. The standard InChI is InChI=1S/C19H20BrN3O3S/c1-3-12-27(25,26)22-14-10-8-13(9-11-14)21-19(24)18-17(20)15-6-4-5-7-16(15)23(18)2/h4-11,22H,3,12H2,1-2H3,(H,21,24). The lowest BCUT2D eigenvalue weighted by molar-refractivity contribution is 0.101. The number of aromatic nitrogens is 1. The van der Waals surface area contributed by atoms with Crippen LogP contribution >= 0.6 is 15.9 Å². The van der Waals surface area contributed by atoms with Crippen molar-refractivity contribution < 1.29 is 13.2 Å². The lowest BCUT2D eigenvalue weighted by atomic mass is 10.2. The number of para-hydroxylation sites is 1. The van der Waals surface area contributed by atoms with Crippen LogP contribution in [0.4, 0.5) is 11.4 Å². The van der Waals surface area contributed by atoms with Crippen molar-refractivity contribution in [1.82, 2.24) is 4.57 Å². The van der Waals surface area contributed by atoms with Crippen molar-refractivity contribution in [1.29, 1.82) is 0 Å². The van der Waals surface area contributed by atoms with E-state index < -0.39 is 10.0 Å². The van der Waals surface area contributed by atoms with Gasteiger partial charge in [0.25, 0.3) is 5.91 Å². The number of nitrogens with one attached hydrogen (secondary N) is 2. The van der Waals surface area contributed by atoms with Crippen molar-refractivity contribution in [2.75, 3.05) is 15.8 Å². The zero-order valence-corrected chi connectivity index (χ0v) is 17.4. The molecule has 0 aliphatic rings. The molecule has 2 aromatic carbocycles. The third kappa shape index (κ3) is 4.17. The highest BCUT2D eigenvalue weighted by molar-refractivity contribution is 9.10. The van der Waals surface area contributed by atoms with E-state index in [4.69, 9.17) is 0 Å². The Kier molecular flexibility index (Phi) is 5.57. The first-order valence-corrected chi connectivity index (χ1v) is 10.9. The van der Waals surface area contributed by atoms with E-state index in [0.717, 1.165) is 15.4 Å². The maximum Gasteiger partial charge on any atom is 0.273 e. The van der Waals surface area contributed by atoms with Crippen LogP contribution in [0.2, 0.25) is 0 Å². The molecule has 3 aromatic rings. The smallest absolute Gasteiger partial charge is 0.273 e. The molecule has 0 aliphatic carbocycles. The predicted molar refractivity (Wildman–Crippen MR) is 113 cm³/mol. The summed E-state index contributed by atoms with van der Waals surface area (Å²) in [6.45, 7) is 1.81. The summed E-state index contributed by atoms with van der Waals surface area (Å²) in [6, 6.07) is 14.3. The fraction of sp³-hybridized carbons (Fsp3) is 0.211. The van der Waals surface area contributed by atoms with E-state index in [1.54, 1.807) is 24.3 Å². The Balaban J connectivity index is 1.79. The van der Waals surface area contributed by atoms with Gasteiger partial charge in [-0.05, 0) is 52.7 Å². The topological polar surface area (TPSA) is 80.2 Å². The zero-order chi connectivity index (χ0) is 19.6. The third-order valence-corrected chi connectivity index (χ3v) is 6.44. The number of halogens is 1. The molecule has 0 aliphatic heterocycles. The largest absolute Gasteiger partial charge is 0.339 e. The molecule has 0 radical (unpaired) electrons. The summed E-state index contributed by atoms with van der Waals surface area (Å²) < 4.78 is 28.7. The molecule has 3 rings (SSSR count). The number of aryl methyl sites for hydroxylation is 1. The van der Waals surface area contributed by atoms with Crippen LogP contribution in [0, 0.1) is 0 Å². The number of rotatable bonds is 6. The zero-order valence-electron chi connectivity index (χ0n) is 15.0. The first-order chi connectivity index (χ1) is 12.8. The first kappa shape index (κ1) is 19.4. The fourth-order valence-electron chi connectivity index (χ4n) is 2.91. The second kappa shape index (κ2) is 7.74. The van der Waals surface area contributed by atoms with Crippen LogP contribution in [0.15, 0.2) is 53.0 Å².